The van der Waals surface area contributed by atoms with Crippen LogP contribution in [0.4, 0.5) is 0 Å². The number of hydrogen-bond acceptors (Lipinski definition) is 4. The van der Waals surface area contributed by atoms with Crippen molar-refractivity contribution in [2.75, 3.05) is 33.4 Å². The number of nitrogens with zero attached hydrogens (tertiary/aromatic N) is 1. The van der Waals surface area contributed by atoms with E-state index >= 15 is 0 Å². The number of likely N-dealkylation sites (N-methyl/N-ethyl adjacent to an activating group) is 1. The first-order valence-corrected chi connectivity index (χ1v) is 18.1. The van der Waals surface area contributed by atoms with Crippen molar-refractivity contribution in [3.63, 3.8) is 0 Å². The highest BCUT2D eigenvalue weighted by Gasteiger charge is 2.31. The lowest BCUT2D eigenvalue weighted by atomic mass is 10.5. The van der Waals surface area contributed by atoms with Gasteiger partial charge in [-0.2, -0.15) is 0 Å². The second kappa shape index (κ2) is 9.71. The Bertz CT molecular complexity index is 282. The van der Waals surface area contributed by atoms with Gasteiger partial charge in [0.25, 0.3) is 0 Å². The second-order valence-electron chi connectivity index (χ2n) is 8.51. The van der Waals surface area contributed by atoms with E-state index in [-0.39, 0.29) is 0 Å². The average molecular weight is 365 g/mol. The predicted octanol–water partition coefficient (Wildman–Crippen LogP) is 3.69. The van der Waals surface area contributed by atoms with Gasteiger partial charge in [0, 0.05) is 26.3 Å². The Morgan fingerprint density at radius 3 is 1.64 bits per heavy atom. The van der Waals surface area contributed by atoms with E-state index in [0.29, 0.717) is 0 Å². The molecule has 1 saturated heterocycles. The fourth-order valence-electron chi connectivity index (χ4n) is 2.71. The molecule has 0 aromatic heterocycles. The van der Waals surface area contributed by atoms with Gasteiger partial charge >= 0.3 is 8.56 Å². The quantitative estimate of drug-likeness (QED) is 0.771. The summed E-state index contributed by atoms with van der Waals surface area (Å²) >= 11 is 0. The molecule has 134 valence electrons. The lowest BCUT2D eigenvalue weighted by molar-refractivity contribution is 0.109. The van der Waals surface area contributed by atoms with E-state index in [1.54, 1.807) is 0 Å². The van der Waals surface area contributed by atoms with Gasteiger partial charge in [0.15, 0.2) is 0 Å². The van der Waals surface area contributed by atoms with Crippen molar-refractivity contribution in [2.45, 2.75) is 65.2 Å². The summed E-state index contributed by atoms with van der Waals surface area (Å²) < 4.78 is 15.4. The molecule has 7 heteroatoms. The van der Waals surface area contributed by atoms with Gasteiger partial charge in [-0.1, -0.05) is 52.6 Å². The van der Waals surface area contributed by atoms with Gasteiger partial charge in [0.1, 0.15) is 16.5 Å². The molecule has 0 bridgehead atoms. The van der Waals surface area contributed by atoms with Crippen LogP contribution in [0.1, 0.15) is 13.3 Å². The predicted molar refractivity (Wildman–Crippen MR) is 106 cm³/mol. The first-order chi connectivity index (χ1) is 9.87. The molecule has 0 aromatic rings. The largest absolute Gasteiger partial charge is 0.393 e. The Hall–Kier alpha value is 0.491. The normalized spacial score (nSPS) is 20.6. The summed E-state index contributed by atoms with van der Waals surface area (Å²) in [7, 11) is -1.63. The molecular weight excluding hydrogens is 324 g/mol. The van der Waals surface area contributed by atoms with E-state index < -0.39 is 25.0 Å². The maximum atomic E-state index is 5.86. The van der Waals surface area contributed by atoms with Gasteiger partial charge in [-0.25, -0.2) is 0 Å². The highest BCUT2D eigenvalue weighted by Crippen LogP contribution is 2.16. The maximum absolute atomic E-state index is 5.86. The smallest absolute Gasteiger partial charge is 0.335 e. The molecule has 0 spiro atoms. The van der Waals surface area contributed by atoms with E-state index in [9.17, 15) is 0 Å². The van der Waals surface area contributed by atoms with Crippen molar-refractivity contribution in [1.82, 2.24) is 9.55 Å². The van der Waals surface area contributed by atoms with Gasteiger partial charge < -0.3 is 18.4 Å². The van der Waals surface area contributed by atoms with E-state index in [1.165, 1.54) is 6.42 Å². The van der Waals surface area contributed by atoms with Crippen LogP contribution in [0.5, 0.6) is 0 Å². The topological polar surface area (TPSA) is 33.7 Å². The molecule has 1 aliphatic heterocycles. The molecule has 0 atom stereocenters. The van der Waals surface area contributed by atoms with Crippen LogP contribution >= 0.6 is 0 Å². The van der Waals surface area contributed by atoms with Crippen LogP contribution in [0.15, 0.2) is 0 Å². The van der Waals surface area contributed by atoms with Gasteiger partial charge in [0.2, 0.25) is 0 Å². The minimum Gasteiger partial charge on any atom is -0.393 e. The molecule has 1 heterocycles. The van der Waals surface area contributed by atoms with Crippen LogP contribution in [0, 0.1) is 0 Å². The molecule has 0 saturated carbocycles. The Labute approximate surface area is 142 Å². The number of rotatable bonds is 4. The fourth-order valence-corrected chi connectivity index (χ4v) is 14.0. The summed E-state index contributed by atoms with van der Waals surface area (Å²) in [6.07, 6.45) is 1.17. The van der Waals surface area contributed by atoms with Crippen molar-refractivity contribution in [2.24, 2.45) is 0 Å². The van der Waals surface area contributed by atoms with E-state index in [2.05, 4.69) is 69.3 Å². The molecule has 1 N–H and O–H groups in total. The average Bonchev–Trinajstić information content (AvgIpc) is 2.22. The molecule has 0 unspecified atom stereocenters. The summed E-state index contributed by atoms with van der Waals surface area (Å²) in [5, 5.41) is 0. The van der Waals surface area contributed by atoms with Crippen molar-refractivity contribution in [3.8, 4) is 0 Å². The van der Waals surface area contributed by atoms with Crippen LogP contribution in [0.25, 0.3) is 0 Å². The van der Waals surface area contributed by atoms with Crippen LogP contribution in [-0.4, -0.2) is 63.3 Å². The number of nitrogens with one attached hydrogen (secondary N) is 1. The molecule has 0 radical (unpaired) electrons. The Kier molecular flexibility index (Phi) is 9.92. The van der Waals surface area contributed by atoms with Crippen molar-refractivity contribution in [3.05, 3.63) is 0 Å². The van der Waals surface area contributed by atoms with Crippen molar-refractivity contribution < 1.29 is 8.85 Å². The van der Waals surface area contributed by atoms with Gasteiger partial charge in [-0.15, -0.1) is 0 Å². The zero-order valence-electron chi connectivity index (χ0n) is 16.5. The zero-order chi connectivity index (χ0) is 17.4. The molecular formula is C15H40N2O2Si3. The van der Waals surface area contributed by atoms with Crippen LogP contribution in [-0.2, 0) is 8.85 Å². The van der Waals surface area contributed by atoms with Crippen LogP contribution in [0.2, 0.25) is 51.9 Å². The van der Waals surface area contributed by atoms with Crippen LogP contribution in [0.3, 0.4) is 0 Å². The summed E-state index contributed by atoms with van der Waals surface area (Å²) in [4.78, 5) is 2.25. The minimum absolute atomic E-state index is 0.833. The first kappa shape index (κ1) is 22.5. The third kappa shape index (κ3) is 13.0. The van der Waals surface area contributed by atoms with Crippen molar-refractivity contribution >= 4 is 25.0 Å². The maximum Gasteiger partial charge on any atom is 0.335 e. The molecule has 1 aliphatic rings. The SMILES string of the molecule is CCC[Si]1(C)OCCN(C)CCO1.C[Si](C)(C)N[Si](C)(C)C. The van der Waals surface area contributed by atoms with E-state index in [4.69, 9.17) is 8.85 Å². The van der Waals surface area contributed by atoms with E-state index in [0.717, 1.165) is 32.3 Å². The number of hydrogen-bond donors (Lipinski definition) is 1. The Balaban J connectivity index is 0.000000433. The summed E-state index contributed by atoms with van der Waals surface area (Å²) in [5.41, 5.74) is 0. The lowest BCUT2D eigenvalue weighted by Crippen LogP contribution is -2.55. The molecule has 0 amide bonds. The summed E-state index contributed by atoms with van der Waals surface area (Å²) in [6.45, 7) is 22.2. The minimum atomic E-state index is -1.78. The van der Waals surface area contributed by atoms with Crippen LogP contribution < -0.4 is 4.65 Å². The molecule has 1 rings (SSSR count). The lowest BCUT2D eigenvalue weighted by Gasteiger charge is -2.31. The second-order valence-corrected chi connectivity index (χ2v) is 21.9. The Morgan fingerprint density at radius 2 is 1.36 bits per heavy atom. The van der Waals surface area contributed by atoms with Gasteiger partial charge in [0.05, 0.1) is 0 Å². The third-order valence-corrected chi connectivity index (χ3v) is 12.3. The monoisotopic (exact) mass is 364 g/mol. The summed E-state index contributed by atoms with van der Waals surface area (Å²) in [5.74, 6) is 0. The Morgan fingerprint density at radius 1 is 0.955 bits per heavy atom. The highest BCUT2D eigenvalue weighted by atomic mass is 28.4. The third-order valence-electron chi connectivity index (χ3n) is 3.21. The molecule has 4 nitrogen and oxygen atoms in total. The molecule has 22 heavy (non-hydrogen) atoms. The van der Waals surface area contributed by atoms with E-state index in [1.807, 2.05) is 0 Å². The standard InChI is InChI=1S/C9H21NO2Si.C6H19NSi2/c1-4-9-13(3)11-7-5-10(2)6-8-12-13;1-8(2,3)7-9(4,5)6/h4-9H2,1-3H3;7H,1-6H3. The highest BCUT2D eigenvalue weighted by molar-refractivity contribution is 6.90. The first-order valence-electron chi connectivity index (χ1n) is 8.63. The van der Waals surface area contributed by atoms with Gasteiger partial charge in [-0.3, -0.25) is 0 Å². The zero-order valence-corrected chi connectivity index (χ0v) is 19.5. The summed E-state index contributed by atoms with van der Waals surface area (Å²) in [6, 6.07) is 1.12. The van der Waals surface area contributed by atoms with Crippen molar-refractivity contribution in [1.29, 1.82) is 0 Å². The molecule has 0 aromatic carbocycles. The molecule has 0 aliphatic carbocycles. The van der Waals surface area contributed by atoms with Gasteiger partial charge in [-0.05, 0) is 19.6 Å². The molecule has 1 fully saturated rings. The fraction of sp³-hybridized carbons (Fsp3) is 1.00.